The van der Waals surface area contributed by atoms with E-state index in [9.17, 15) is 0 Å². The first-order valence-corrected chi connectivity index (χ1v) is 24.2. The van der Waals surface area contributed by atoms with E-state index in [2.05, 4.69) is 241 Å². The molecule has 3 heteroatoms. The highest BCUT2D eigenvalue weighted by Crippen LogP contribution is 2.63. The minimum Gasteiger partial charge on any atom is -0.455 e. The van der Waals surface area contributed by atoms with Gasteiger partial charge < -0.3 is 9.32 Å². The maximum absolute atomic E-state index is 7.09. The molecule has 0 atom stereocenters. The third-order valence-corrected chi connectivity index (χ3v) is 16.1. The zero-order chi connectivity index (χ0) is 44.5. The highest BCUT2D eigenvalue weighted by atomic mass is 32.1. The van der Waals surface area contributed by atoms with Crippen molar-refractivity contribution in [3.63, 3.8) is 0 Å². The SMILES string of the molecule is c1ccc(-c2ccc(N(c3ccc4c(c3)C3(c5ccccc5-c5ccccc53)c3ccccc3-4)c3ccc4oc5c(-c6cccc7c6sc6ccccc67)c6ccccc6cc5c4c3)cc2)cc1. The van der Waals surface area contributed by atoms with Crippen molar-refractivity contribution < 1.29 is 4.42 Å². The summed E-state index contributed by atoms with van der Waals surface area (Å²) < 4.78 is 9.66. The number of rotatable bonds is 5. The summed E-state index contributed by atoms with van der Waals surface area (Å²) in [6.07, 6.45) is 0. The van der Waals surface area contributed by atoms with E-state index in [0.717, 1.165) is 44.6 Å². The zero-order valence-corrected chi connectivity index (χ0v) is 37.6. The van der Waals surface area contributed by atoms with Crippen molar-refractivity contribution in [2.75, 3.05) is 4.90 Å². The van der Waals surface area contributed by atoms with E-state index in [1.165, 1.54) is 92.1 Å². The Bertz CT molecular complexity index is 4150. The molecule has 2 nitrogen and oxygen atoms in total. The molecule has 0 amide bonds. The lowest BCUT2D eigenvalue weighted by Gasteiger charge is -2.32. The third kappa shape index (κ3) is 5.17. The van der Waals surface area contributed by atoms with Crippen molar-refractivity contribution in [1.82, 2.24) is 0 Å². The lowest BCUT2D eigenvalue weighted by atomic mass is 9.70. The first-order valence-electron chi connectivity index (χ1n) is 23.4. The minimum atomic E-state index is -0.461. The van der Waals surface area contributed by atoms with E-state index >= 15 is 0 Å². The van der Waals surface area contributed by atoms with Crippen LogP contribution in [0.4, 0.5) is 17.1 Å². The van der Waals surface area contributed by atoms with Crippen molar-refractivity contribution in [2.45, 2.75) is 5.41 Å². The number of thiophene rings is 1. The predicted molar refractivity (Wildman–Crippen MR) is 286 cm³/mol. The number of hydrogen-bond acceptors (Lipinski definition) is 3. The molecule has 0 N–H and O–H groups in total. The fraction of sp³-hybridized carbons (Fsp3) is 0.0154. The quantitative estimate of drug-likeness (QED) is 0.171. The van der Waals surface area contributed by atoms with Crippen LogP contribution < -0.4 is 4.90 Å². The highest BCUT2D eigenvalue weighted by molar-refractivity contribution is 7.26. The second kappa shape index (κ2) is 14.3. The molecule has 2 aliphatic rings. The smallest absolute Gasteiger partial charge is 0.143 e. The van der Waals surface area contributed by atoms with Crippen LogP contribution in [0.15, 0.2) is 241 Å². The monoisotopic (exact) mass is 881 g/mol. The maximum Gasteiger partial charge on any atom is 0.143 e. The minimum absolute atomic E-state index is 0.461. The first kappa shape index (κ1) is 37.7. The molecule has 316 valence electrons. The topological polar surface area (TPSA) is 16.4 Å². The predicted octanol–water partition coefficient (Wildman–Crippen LogP) is 18.3. The van der Waals surface area contributed by atoms with Crippen LogP contribution in [0.5, 0.6) is 0 Å². The molecule has 0 bridgehead atoms. The van der Waals surface area contributed by atoms with Crippen LogP contribution in [0.1, 0.15) is 22.3 Å². The van der Waals surface area contributed by atoms with Crippen molar-refractivity contribution in [3.8, 4) is 44.5 Å². The summed E-state index contributed by atoms with van der Waals surface area (Å²) in [4.78, 5) is 2.44. The second-order valence-corrected chi connectivity index (χ2v) is 19.3. The van der Waals surface area contributed by atoms with E-state index in [-0.39, 0.29) is 0 Å². The molecule has 1 spiro atoms. The van der Waals surface area contributed by atoms with Gasteiger partial charge in [-0.2, -0.15) is 0 Å². The number of fused-ring (bicyclic) bond motifs is 17. The largest absolute Gasteiger partial charge is 0.455 e. The van der Waals surface area contributed by atoms with Crippen LogP contribution in [0.25, 0.3) is 97.4 Å². The molecule has 0 unspecified atom stereocenters. The van der Waals surface area contributed by atoms with Gasteiger partial charge in [-0.25, -0.2) is 0 Å². The van der Waals surface area contributed by atoms with Crippen molar-refractivity contribution in [3.05, 3.63) is 259 Å². The fourth-order valence-corrected chi connectivity index (χ4v) is 13.2. The first-order chi connectivity index (χ1) is 33.7. The standard InChI is InChI=1S/C65H39NOS/c1-2-15-40(16-3-1)41-29-31-43(32-30-41)66(45-33-35-50-49-21-8-12-27-58(49)65(59(50)39-45)56-25-10-6-19-47(56)48-20-7-11-26-57(48)65)44-34-36-60-54(38-44)55-37-42-17-4-5-18-46(42)62(63(55)67-60)53-24-14-23-52-51-22-9-13-28-61(51)68-64(52)53/h1-39H. The lowest BCUT2D eigenvalue weighted by Crippen LogP contribution is -2.26. The van der Waals surface area contributed by atoms with Gasteiger partial charge in [-0.15, -0.1) is 11.3 Å². The molecule has 2 heterocycles. The van der Waals surface area contributed by atoms with E-state index < -0.39 is 5.41 Å². The average Bonchev–Trinajstić information content (AvgIpc) is 4.14. The summed E-state index contributed by atoms with van der Waals surface area (Å²) in [5.74, 6) is 0. The lowest BCUT2D eigenvalue weighted by molar-refractivity contribution is 0.670. The van der Waals surface area contributed by atoms with Crippen LogP contribution in [0.2, 0.25) is 0 Å². The third-order valence-electron chi connectivity index (χ3n) is 14.9. The molecule has 0 fully saturated rings. The average molecular weight is 882 g/mol. The van der Waals surface area contributed by atoms with Gasteiger partial charge in [-0.05, 0) is 121 Å². The molecule has 11 aromatic carbocycles. The Kier molecular flexibility index (Phi) is 7.90. The fourth-order valence-electron chi connectivity index (χ4n) is 12.0. The number of hydrogen-bond donors (Lipinski definition) is 0. The van der Waals surface area contributed by atoms with Crippen molar-refractivity contribution in [1.29, 1.82) is 0 Å². The molecule has 68 heavy (non-hydrogen) atoms. The summed E-state index contributed by atoms with van der Waals surface area (Å²) in [6, 6.07) is 87.4. The molecular formula is C65H39NOS. The Morgan fingerprint density at radius 2 is 0.912 bits per heavy atom. The Morgan fingerprint density at radius 1 is 0.353 bits per heavy atom. The van der Waals surface area contributed by atoms with Gasteiger partial charge in [0.05, 0.1) is 5.41 Å². The number of benzene rings is 11. The summed E-state index contributed by atoms with van der Waals surface area (Å²) in [6.45, 7) is 0. The normalized spacial score (nSPS) is 13.1. The van der Waals surface area contributed by atoms with Gasteiger partial charge in [0, 0.05) is 59.1 Å². The molecule has 2 aliphatic carbocycles. The Balaban J connectivity index is 0.973. The molecule has 0 saturated carbocycles. The molecular weight excluding hydrogens is 843 g/mol. The molecule has 0 radical (unpaired) electrons. The van der Waals surface area contributed by atoms with Crippen LogP contribution in [-0.2, 0) is 5.41 Å². The van der Waals surface area contributed by atoms with E-state index in [1.807, 2.05) is 11.3 Å². The molecule has 2 aromatic heterocycles. The second-order valence-electron chi connectivity index (χ2n) is 18.3. The summed E-state index contributed by atoms with van der Waals surface area (Å²) in [7, 11) is 0. The number of anilines is 3. The Morgan fingerprint density at radius 3 is 1.66 bits per heavy atom. The molecule has 13 aromatic rings. The van der Waals surface area contributed by atoms with Crippen LogP contribution in [-0.4, -0.2) is 0 Å². The molecule has 0 saturated heterocycles. The highest BCUT2D eigenvalue weighted by Gasteiger charge is 2.51. The molecule has 15 rings (SSSR count). The van der Waals surface area contributed by atoms with Crippen LogP contribution in [0.3, 0.4) is 0 Å². The van der Waals surface area contributed by atoms with Gasteiger partial charge in [0.2, 0.25) is 0 Å². The van der Waals surface area contributed by atoms with E-state index in [4.69, 9.17) is 4.42 Å². The summed E-state index contributed by atoms with van der Waals surface area (Å²) in [5.41, 5.74) is 19.8. The van der Waals surface area contributed by atoms with Gasteiger partial charge >= 0.3 is 0 Å². The number of nitrogens with zero attached hydrogens (tertiary/aromatic N) is 1. The molecule has 0 aliphatic heterocycles. The maximum atomic E-state index is 7.09. The van der Waals surface area contributed by atoms with Gasteiger partial charge in [0.25, 0.3) is 0 Å². The summed E-state index contributed by atoms with van der Waals surface area (Å²) in [5, 5.41) is 7.14. The van der Waals surface area contributed by atoms with Gasteiger partial charge in [0.1, 0.15) is 11.2 Å². The van der Waals surface area contributed by atoms with E-state index in [0.29, 0.717) is 0 Å². The van der Waals surface area contributed by atoms with Crippen LogP contribution >= 0.6 is 11.3 Å². The van der Waals surface area contributed by atoms with Gasteiger partial charge in [-0.3, -0.25) is 0 Å². The van der Waals surface area contributed by atoms with Gasteiger partial charge in [0.15, 0.2) is 0 Å². The van der Waals surface area contributed by atoms with Gasteiger partial charge in [-0.1, -0.05) is 182 Å². The number of furan rings is 1. The summed E-state index contributed by atoms with van der Waals surface area (Å²) >= 11 is 1.86. The van der Waals surface area contributed by atoms with Crippen molar-refractivity contribution >= 4 is 81.3 Å². The van der Waals surface area contributed by atoms with Crippen LogP contribution in [0, 0.1) is 0 Å². The Labute approximate surface area is 397 Å². The Hall–Kier alpha value is -8.50. The van der Waals surface area contributed by atoms with Crippen molar-refractivity contribution in [2.24, 2.45) is 0 Å². The zero-order valence-electron chi connectivity index (χ0n) is 36.8. The van der Waals surface area contributed by atoms with E-state index in [1.54, 1.807) is 0 Å².